The van der Waals surface area contributed by atoms with Gasteiger partial charge in [0.1, 0.15) is 0 Å². The summed E-state index contributed by atoms with van der Waals surface area (Å²) in [4.78, 5) is 0. The molecule has 0 aromatic carbocycles. The van der Waals surface area contributed by atoms with Crippen LogP contribution in [0, 0.1) is 0 Å². The minimum Gasteiger partial charge on any atom is -0.381 e. The van der Waals surface area contributed by atoms with Gasteiger partial charge in [0.2, 0.25) is 0 Å². The van der Waals surface area contributed by atoms with Gasteiger partial charge < -0.3 is 14.8 Å². The molecule has 3 heteroatoms. The normalized spacial score (nSPS) is 13.1. The summed E-state index contributed by atoms with van der Waals surface area (Å²) in [6.45, 7) is 7.59. The predicted molar refractivity (Wildman–Crippen MR) is 59.7 cm³/mol. The SMILES string of the molecule is CCCOCCC(COCCC)NC. The van der Waals surface area contributed by atoms with Crippen molar-refractivity contribution in [2.75, 3.05) is 33.5 Å². The third-order valence-electron chi connectivity index (χ3n) is 2.03. The molecule has 3 nitrogen and oxygen atoms in total. The average molecular weight is 203 g/mol. The zero-order chi connectivity index (χ0) is 10.6. The Morgan fingerprint density at radius 2 is 1.64 bits per heavy atom. The maximum absolute atomic E-state index is 5.47. The lowest BCUT2D eigenvalue weighted by atomic mass is 10.2. The highest BCUT2D eigenvalue weighted by molar-refractivity contribution is 4.62. The first-order chi connectivity index (χ1) is 6.85. The minimum absolute atomic E-state index is 0.429. The van der Waals surface area contributed by atoms with Crippen LogP contribution in [0.4, 0.5) is 0 Å². The summed E-state index contributed by atoms with van der Waals surface area (Å²) in [5.74, 6) is 0. The number of rotatable bonds is 10. The van der Waals surface area contributed by atoms with E-state index in [1.54, 1.807) is 0 Å². The average Bonchev–Trinajstić information content (AvgIpc) is 2.22. The van der Waals surface area contributed by atoms with Crippen LogP contribution >= 0.6 is 0 Å². The van der Waals surface area contributed by atoms with Gasteiger partial charge in [-0.25, -0.2) is 0 Å². The molecule has 0 aromatic rings. The Hall–Kier alpha value is -0.120. The van der Waals surface area contributed by atoms with Crippen molar-refractivity contribution in [3.63, 3.8) is 0 Å². The first kappa shape index (κ1) is 13.9. The first-order valence-corrected chi connectivity index (χ1v) is 5.67. The topological polar surface area (TPSA) is 30.5 Å². The van der Waals surface area contributed by atoms with Crippen molar-refractivity contribution in [2.45, 2.75) is 39.2 Å². The van der Waals surface area contributed by atoms with Gasteiger partial charge in [-0.3, -0.25) is 0 Å². The second kappa shape index (κ2) is 11.0. The second-order valence-electron chi connectivity index (χ2n) is 3.46. The molecule has 0 radical (unpaired) electrons. The molecule has 14 heavy (non-hydrogen) atoms. The zero-order valence-corrected chi connectivity index (χ0v) is 9.84. The van der Waals surface area contributed by atoms with E-state index >= 15 is 0 Å². The maximum atomic E-state index is 5.47. The van der Waals surface area contributed by atoms with E-state index in [1.807, 2.05) is 7.05 Å². The first-order valence-electron chi connectivity index (χ1n) is 5.67. The molecule has 1 N–H and O–H groups in total. The number of ether oxygens (including phenoxy) is 2. The number of hydrogen-bond acceptors (Lipinski definition) is 3. The van der Waals surface area contributed by atoms with Gasteiger partial charge in [-0.1, -0.05) is 13.8 Å². The summed E-state index contributed by atoms with van der Waals surface area (Å²) in [6.07, 6.45) is 3.21. The van der Waals surface area contributed by atoms with E-state index in [2.05, 4.69) is 19.2 Å². The van der Waals surface area contributed by atoms with Crippen LogP contribution < -0.4 is 5.32 Å². The van der Waals surface area contributed by atoms with Crippen LogP contribution in [0.1, 0.15) is 33.1 Å². The molecule has 0 amide bonds. The lowest BCUT2D eigenvalue weighted by Crippen LogP contribution is -2.31. The Morgan fingerprint density at radius 1 is 1.00 bits per heavy atom. The number of likely N-dealkylation sites (N-methyl/N-ethyl adjacent to an activating group) is 1. The molecule has 1 unspecified atom stereocenters. The fraction of sp³-hybridized carbons (Fsp3) is 1.00. The van der Waals surface area contributed by atoms with Crippen LogP contribution in [0.5, 0.6) is 0 Å². The van der Waals surface area contributed by atoms with Crippen LogP contribution in [0.15, 0.2) is 0 Å². The summed E-state index contributed by atoms with van der Waals surface area (Å²) in [5, 5.41) is 3.23. The summed E-state index contributed by atoms with van der Waals surface area (Å²) < 4.78 is 10.9. The predicted octanol–water partition coefficient (Wildman–Crippen LogP) is 1.82. The summed E-state index contributed by atoms with van der Waals surface area (Å²) in [5.41, 5.74) is 0. The van der Waals surface area contributed by atoms with Gasteiger partial charge in [-0.05, 0) is 26.3 Å². The standard InChI is InChI=1S/C11H25NO2/c1-4-7-13-9-6-11(12-3)10-14-8-5-2/h11-12H,4-10H2,1-3H3. The number of hydrogen-bond donors (Lipinski definition) is 1. The van der Waals surface area contributed by atoms with Crippen molar-refractivity contribution in [1.82, 2.24) is 5.32 Å². The third kappa shape index (κ3) is 8.48. The Kier molecular flexibility index (Phi) is 10.9. The van der Waals surface area contributed by atoms with Crippen molar-refractivity contribution >= 4 is 0 Å². The zero-order valence-electron chi connectivity index (χ0n) is 9.84. The van der Waals surface area contributed by atoms with Gasteiger partial charge in [0, 0.05) is 25.9 Å². The molecule has 0 aliphatic rings. The Balaban J connectivity index is 3.28. The fourth-order valence-electron chi connectivity index (χ4n) is 1.15. The molecule has 0 spiro atoms. The lowest BCUT2D eigenvalue weighted by Gasteiger charge is -2.15. The van der Waals surface area contributed by atoms with Gasteiger partial charge in [-0.2, -0.15) is 0 Å². The van der Waals surface area contributed by atoms with E-state index in [1.165, 1.54) is 0 Å². The number of nitrogens with one attached hydrogen (secondary N) is 1. The van der Waals surface area contributed by atoms with Crippen LogP contribution in [0.3, 0.4) is 0 Å². The van der Waals surface area contributed by atoms with E-state index in [9.17, 15) is 0 Å². The molecule has 0 fully saturated rings. The third-order valence-corrected chi connectivity index (χ3v) is 2.03. The van der Waals surface area contributed by atoms with Gasteiger partial charge in [0.25, 0.3) is 0 Å². The maximum Gasteiger partial charge on any atom is 0.0620 e. The molecule has 0 saturated heterocycles. The van der Waals surface area contributed by atoms with Gasteiger partial charge >= 0.3 is 0 Å². The van der Waals surface area contributed by atoms with Crippen LogP contribution in [0.2, 0.25) is 0 Å². The van der Waals surface area contributed by atoms with Crippen LogP contribution in [-0.2, 0) is 9.47 Å². The summed E-state index contributed by atoms with van der Waals surface area (Å²) in [6, 6.07) is 0.429. The fourth-order valence-corrected chi connectivity index (χ4v) is 1.15. The van der Waals surface area contributed by atoms with E-state index < -0.39 is 0 Å². The van der Waals surface area contributed by atoms with E-state index in [4.69, 9.17) is 9.47 Å². The monoisotopic (exact) mass is 203 g/mol. The van der Waals surface area contributed by atoms with Gasteiger partial charge in [0.15, 0.2) is 0 Å². The molecule has 0 aromatic heterocycles. The molecular weight excluding hydrogens is 178 g/mol. The highest BCUT2D eigenvalue weighted by atomic mass is 16.5. The lowest BCUT2D eigenvalue weighted by molar-refractivity contribution is 0.0851. The van der Waals surface area contributed by atoms with E-state index in [0.29, 0.717) is 6.04 Å². The highest BCUT2D eigenvalue weighted by Crippen LogP contribution is 1.95. The molecule has 1 atom stereocenters. The van der Waals surface area contributed by atoms with Crippen LogP contribution in [-0.4, -0.2) is 39.5 Å². The quantitative estimate of drug-likeness (QED) is 0.549. The minimum atomic E-state index is 0.429. The highest BCUT2D eigenvalue weighted by Gasteiger charge is 2.05. The van der Waals surface area contributed by atoms with Crippen molar-refractivity contribution in [2.24, 2.45) is 0 Å². The molecule has 0 rings (SSSR count). The molecule has 0 bridgehead atoms. The largest absolute Gasteiger partial charge is 0.381 e. The van der Waals surface area contributed by atoms with Gasteiger partial charge in [-0.15, -0.1) is 0 Å². The summed E-state index contributed by atoms with van der Waals surface area (Å²) >= 11 is 0. The molecule has 0 aliphatic carbocycles. The van der Waals surface area contributed by atoms with E-state index in [-0.39, 0.29) is 0 Å². The second-order valence-corrected chi connectivity index (χ2v) is 3.46. The smallest absolute Gasteiger partial charge is 0.0620 e. The molecule has 0 aliphatic heterocycles. The Labute approximate surface area is 88.2 Å². The molecule has 0 saturated carbocycles. The van der Waals surface area contributed by atoms with Gasteiger partial charge in [0.05, 0.1) is 6.61 Å². The van der Waals surface area contributed by atoms with Crippen molar-refractivity contribution in [3.8, 4) is 0 Å². The van der Waals surface area contributed by atoms with Crippen molar-refractivity contribution in [1.29, 1.82) is 0 Å². The Bertz CT molecular complexity index is 109. The van der Waals surface area contributed by atoms with Crippen molar-refractivity contribution in [3.05, 3.63) is 0 Å². The molecule has 0 heterocycles. The van der Waals surface area contributed by atoms with Crippen LogP contribution in [0.25, 0.3) is 0 Å². The molecule has 86 valence electrons. The van der Waals surface area contributed by atoms with Crippen molar-refractivity contribution < 1.29 is 9.47 Å². The molecular formula is C11H25NO2. The van der Waals surface area contributed by atoms with E-state index in [0.717, 1.165) is 45.7 Å². The summed E-state index contributed by atoms with van der Waals surface area (Å²) in [7, 11) is 1.97. The Morgan fingerprint density at radius 3 is 2.21 bits per heavy atom.